The van der Waals surface area contributed by atoms with Crippen molar-refractivity contribution >= 4 is 5.91 Å². The smallest absolute Gasteiger partial charge is 0.255 e. The molecule has 0 saturated heterocycles. The number of methoxy groups -OCH3 is 1. The molecule has 5 nitrogen and oxygen atoms in total. The van der Waals surface area contributed by atoms with Crippen molar-refractivity contribution in [1.82, 2.24) is 15.1 Å². The first-order valence-corrected chi connectivity index (χ1v) is 10.3. The largest absolute Gasteiger partial charge is 0.497 e. The Hall–Kier alpha value is -3.86. The van der Waals surface area contributed by atoms with Crippen molar-refractivity contribution in [3.63, 3.8) is 0 Å². The van der Waals surface area contributed by atoms with Gasteiger partial charge in [0.2, 0.25) is 0 Å². The Bertz CT molecular complexity index is 1170. The van der Waals surface area contributed by atoms with Crippen LogP contribution in [-0.4, -0.2) is 22.8 Å². The molecule has 156 valence electrons. The van der Waals surface area contributed by atoms with Crippen LogP contribution in [0.4, 0.5) is 0 Å². The second-order valence-electron chi connectivity index (χ2n) is 7.17. The summed E-state index contributed by atoms with van der Waals surface area (Å²) in [4.78, 5) is 13.4. The monoisotopic (exact) mass is 411 g/mol. The van der Waals surface area contributed by atoms with E-state index in [9.17, 15) is 4.79 Å². The third-order valence-electron chi connectivity index (χ3n) is 5.18. The van der Waals surface area contributed by atoms with Crippen LogP contribution in [0.3, 0.4) is 0 Å². The first-order valence-electron chi connectivity index (χ1n) is 10.3. The van der Waals surface area contributed by atoms with E-state index in [0.717, 1.165) is 28.3 Å². The van der Waals surface area contributed by atoms with Gasteiger partial charge in [-0.05, 0) is 36.2 Å². The van der Waals surface area contributed by atoms with Crippen LogP contribution in [-0.2, 0) is 13.0 Å². The minimum atomic E-state index is -0.138. The molecule has 0 aliphatic heterocycles. The summed E-state index contributed by atoms with van der Waals surface area (Å²) in [6.07, 6.45) is 0.677. The van der Waals surface area contributed by atoms with Crippen molar-refractivity contribution in [2.75, 3.05) is 7.11 Å². The molecule has 0 bridgehead atoms. The van der Waals surface area contributed by atoms with Gasteiger partial charge >= 0.3 is 0 Å². The molecule has 31 heavy (non-hydrogen) atoms. The number of nitrogens with zero attached hydrogens (tertiary/aromatic N) is 2. The quantitative estimate of drug-likeness (QED) is 0.463. The lowest BCUT2D eigenvalue weighted by molar-refractivity contribution is 0.0950. The van der Waals surface area contributed by atoms with Crippen molar-refractivity contribution in [1.29, 1.82) is 0 Å². The molecule has 4 aromatic rings. The predicted molar refractivity (Wildman–Crippen MR) is 123 cm³/mol. The zero-order valence-electron chi connectivity index (χ0n) is 17.7. The summed E-state index contributed by atoms with van der Waals surface area (Å²) in [6, 6.07) is 27.5. The molecule has 1 heterocycles. The van der Waals surface area contributed by atoms with E-state index in [0.29, 0.717) is 24.2 Å². The van der Waals surface area contributed by atoms with Crippen molar-refractivity contribution in [3.05, 3.63) is 102 Å². The molecule has 0 aliphatic rings. The topological polar surface area (TPSA) is 56.1 Å². The van der Waals surface area contributed by atoms with Crippen molar-refractivity contribution < 1.29 is 9.53 Å². The summed E-state index contributed by atoms with van der Waals surface area (Å²) in [5.41, 5.74) is 5.00. The lowest BCUT2D eigenvalue weighted by Gasteiger charge is -2.10. The standard InChI is InChI=1S/C26H25N3O2/c1-3-23-24(26(30)27-18-19-11-10-16-22(17-19)31-2)25(20-12-6-4-7-13-20)28-29(23)21-14-8-5-9-15-21/h4-17H,3,18H2,1-2H3,(H,27,30). The average Bonchev–Trinajstić information content (AvgIpc) is 3.23. The number of carbonyl (C=O) groups is 1. The molecular formula is C26H25N3O2. The number of hydrogen-bond donors (Lipinski definition) is 1. The molecule has 3 aromatic carbocycles. The van der Waals surface area contributed by atoms with E-state index >= 15 is 0 Å². The third kappa shape index (κ3) is 4.36. The fourth-order valence-electron chi connectivity index (χ4n) is 3.65. The number of rotatable bonds is 7. The van der Waals surface area contributed by atoms with Crippen molar-refractivity contribution in [3.8, 4) is 22.7 Å². The number of para-hydroxylation sites is 1. The Balaban J connectivity index is 1.74. The van der Waals surface area contributed by atoms with Gasteiger partial charge in [0.05, 0.1) is 24.1 Å². The van der Waals surface area contributed by atoms with E-state index in [-0.39, 0.29) is 5.91 Å². The van der Waals surface area contributed by atoms with Crippen LogP contribution in [0.25, 0.3) is 16.9 Å². The molecule has 0 spiro atoms. The van der Waals surface area contributed by atoms with Crippen LogP contribution in [0.1, 0.15) is 28.5 Å². The molecule has 1 N–H and O–H groups in total. The molecular weight excluding hydrogens is 386 g/mol. The summed E-state index contributed by atoms with van der Waals surface area (Å²) in [6.45, 7) is 2.45. The summed E-state index contributed by atoms with van der Waals surface area (Å²) >= 11 is 0. The Morgan fingerprint density at radius 1 is 0.968 bits per heavy atom. The van der Waals surface area contributed by atoms with Gasteiger partial charge < -0.3 is 10.1 Å². The Kier molecular flexibility index (Phi) is 6.13. The van der Waals surface area contributed by atoms with Crippen LogP contribution < -0.4 is 10.1 Å². The molecule has 0 unspecified atom stereocenters. The van der Waals surface area contributed by atoms with Gasteiger partial charge in [0.1, 0.15) is 11.4 Å². The lowest BCUT2D eigenvalue weighted by Crippen LogP contribution is -2.24. The Morgan fingerprint density at radius 2 is 1.68 bits per heavy atom. The maximum absolute atomic E-state index is 13.4. The predicted octanol–water partition coefficient (Wildman–Crippen LogP) is 5.04. The van der Waals surface area contributed by atoms with E-state index in [4.69, 9.17) is 9.84 Å². The van der Waals surface area contributed by atoms with Gasteiger partial charge in [-0.1, -0.05) is 67.6 Å². The number of nitrogens with one attached hydrogen (secondary N) is 1. The van der Waals surface area contributed by atoms with Crippen LogP contribution >= 0.6 is 0 Å². The second kappa shape index (κ2) is 9.30. The zero-order valence-corrected chi connectivity index (χ0v) is 17.7. The van der Waals surface area contributed by atoms with Crippen molar-refractivity contribution in [2.45, 2.75) is 19.9 Å². The molecule has 4 rings (SSSR count). The van der Waals surface area contributed by atoms with Gasteiger partial charge in [-0.25, -0.2) is 4.68 Å². The molecule has 5 heteroatoms. The lowest BCUT2D eigenvalue weighted by atomic mass is 10.0. The average molecular weight is 412 g/mol. The van der Waals surface area contributed by atoms with E-state index in [1.54, 1.807) is 7.11 Å². The van der Waals surface area contributed by atoms with Gasteiger partial charge in [0.15, 0.2) is 0 Å². The summed E-state index contributed by atoms with van der Waals surface area (Å²) in [7, 11) is 1.63. The highest BCUT2D eigenvalue weighted by molar-refractivity contribution is 6.01. The molecule has 0 radical (unpaired) electrons. The molecule has 0 saturated carbocycles. The maximum Gasteiger partial charge on any atom is 0.255 e. The van der Waals surface area contributed by atoms with Gasteiger partial charge in [-0.15, -0.1) is 0 Å². The highest BCUT2D eigenvalue weighted by Gasteiger charge is 2.24. The van der Waals surface area contributed by atoms with Crippen molar-refractivity contribution in [2.24, 2.45) is 0 Å². The maximum atomic E-state index is 13.4. The Morgan fingerprint density at radius 3 is 2.35 bits per heavy atom. The Labute approximate surface area is 182 Å². The summed E-state index contributed by atoms with van der Waals surface area (Å²) in [5, 5.41) is 7.93. The number of carbonyl (C=O) groups excluding carboxylic acids is 1. The van der Waals surface area contributed by atoms with E-state index in [1.165, 1.54) is 0 Å². The molecule has 0 aliphatic carbocycles. The number of amides is 1. The minimum absolute atomic E-state index is 0.138. The van der Waals surface area contributed by atoms with Crippen LogP contribution in [0.2, 0.25) is 0 Å². The zero-order chi connectivity index (χ0) is 21.6. The third-order valence-corrected chi connectivity index (χ3v) is 5.18. The van der Waals surface area contributed by atoms with Gasteiger partial charge in [-0.3, -0.25) is 4.79 Å². The fraction of sp³-hybridized carbons (Fsp3) is 0.154. The first kappa shape index (κ1) is 20.4. The summed E-state index contributed by atoms with van der Waals surface area (Å²) < 4.78 is 7.16. The van der Waals surface area contributed by atoms with Crippen LogP contribution in [0, 0.1) is 0 Å². The molecule has 0 fully saturated rings. The highest BCUT2D eigenvalue weighted by atomic mass is 16.5. The highest BCUT2D eigenvalue weighted by Crippen LogP contribution is 2.28. The molecule has 1 amide bonds. The number of aromatic nitrogens is 2. The van der Waals surface area contributed by atoms with Gasteiger partial charge in [0.25, 0.3) is 5.91 Å². The van der Waals surface area contributed by atoms with Crippen LogP contribution in [0.5, 0.6) is 5.75 Å². The number of ether oxygens (including phenoxy) is 1. The van der Waals surface area contributed by atoms with Gasteiger partial charge in [0, 0.05) is 12.1 Å². The minimum Gasteiger partial charge on any atom is -0.497 e. The van der Waals surface area contributed by atoms with E-state index < -0.39 is 0 Å². The van der Waals surface area contributed by atoms with Crippen LogP contribution in [0.15, 0.2) is 84.9 Å². The second-order valence-corrected chi connectivity index (χ2v) is 7.17. The normalized spacial score (nSPS) is 10.6. The SMILES string of the molecule is CCc1c(C(=O)NCc2cccc(OC)c2)c(-c2ccccc2)nn1-c1ccccc1. The van der Waals surface area contributed by atoms with Gasteiger partial charge in [-0.2, -0.15) is 5.10 Å². The fourth-order valence-corrected chi connectivity index (χ4v) is 3.65. The molecule has 1 aromatic heterocycles. The number of benzene rings is 3. The number of hydrogen-bond acceptors (Lipinski definition) is 3. The summed E-state index contributed by atoms with van der Waals surface area (Å²) in [5.74, 6) is 0.628. The van der Waals surface area contributed by atoms with E-state index in [2.05, 4.69) is 5.32 Å². The first-order chi connectivity index (χ1) is 15.2. The van der Waals surface area contributed by atoms with E-state index in [1.807, 2.05) is 96.5 Å². The molecule has 0 atom stereocenters.